The zero-order valence-corrected chi connectivity index (χ0v) is 17.9. The third-order valence-electron chi connectivity index (χ3n) is 4.81. The second-order valence-corrected chi connectivity index (χ2v) is 7.26. The Kier molecular flexibility index (Phi) is 6.82. The summed E-state index contributed by atoms with van der Waals surface area (Å²) in [5, 5.41) is 7.24. The van der Waals surface area contributed by atoms with Gasteiger partial charge in [0.1, 0.15) is 18.1 Å². The number of rotatable bonds is 9. The van der Waals surface area contributed by atoms with Gasteiger partial charge in [0.15, 0.2) is 0 Å². The Morgan fingerprint density at radius 3 is 2.38 bits per heavy atom. The van der Waals surface area contributed by atoms with E-state index in [1.54, 1.807) is 16.9 Å². The van der Waals surface area contributed by atoms with Gasteiger partial charge >= 0.3 is 0 Å². The number of hydrogen-bond donors (Lipinski definition) is 1. The number of carbonyl (C=O) groups excluding carboxylic acids is 1. The molecule has 4 aromatic rings. The molecule has 0 spiro atoms. The fourth-order valence-corrected chi connectivity index (χ4v) is 3.26. The molecule has 162 valence electrons. The van der Waals surface area contributed by atoms with Gasteiger partial charge in [-0.3, -0.25) is 9.48 Å². The lowest BCUT2D eigenvalue weighted by molar-refractivity contribution is 0.102. The van der Waals surface area contributed by atoms with Crippen LogP contribution in [0.25, 0.3) is 0 Å². The van der Waals surface area contributed by atoms with Crippen molar-refractivity contribution in [1.29, 1.82) is 0 Å². The van der Waals surface area contributed by atoms with Crippen molar-refractivity contribution in [2.45, 2.75) is 20.1 Å². The van der Waals surface area contributed by atoms with Gasteiger partial charge in [0.2, 0.25) is 0 Å². The Morgan fingerprint density at radius 2 is 1.62 bits per heavy atom. The molecule has 3 aromatic carbocycles. The lowest BCUT2D eigenvalue weighted by Gasteiger charge is -2.09. The van der Waals surface area contributed by atoms with Crippen LogP contribution in [0.5, 0.6) is 11.5 Å². The van der Waals surface area contributed by atoms with Crippen molar-refractivity contribution < 1.29 is 14.3 Å². The average Bonchev–Trinajstić information content (AvgIpc) is 3.26. The molecule has 4 rings (SSSR count). The monoisotopic (exact) mass is 427 g/mol. The Labute approximate surface area is 187 Å². The summed E-state index contributed by atoms with van der Waals surface area (Å²) < 4.78 is 13.1. The number of ether oxygens (including phenoxy) is 2. The van der Waals surface area contributed by atoms with Gasteiger partial charge in [-0.2, -0.15) is 5.10 Å². The molecule has 0 atom stereocenters. The van der Waals surface area contributed by atoms with E-state index in [0.717, 1.165) is 22.6 Å². The molecule has 0 bridgehead atoms. The summed E-state index contributed by atoms with van der Waals surface area (Å²) in [5.74, 6) is 1.37. The van der Waals surface area contributed by atoms with Crippen LogP contribution in [-0.4, -0.2) is 22.3 Å². The van der Waals surface area contributed by atoms with Crippen molar-refractivity contribution in [3.05, 3.63) is 108 Å². The number of anilines is 1. The number of carbonyl (C=O) groups is 1. The van der Waals surface area contributed by atoms with Gasteiger partial charge in [0.05, 0.1) is 25.0 Å². The van der Waals surface area contributed by atoms with E-state index in [1.807, 2.05) is 85.9 Å². The van der Waals surface area contributed by atoms with Crippen LogP contribution in [0, 0.1) is 0 Å². The van der Waals surface area contributed by atoms with Gasteiger partial charge in [-0.05, 0) is 54.4 Å². The fraction of sp³-hybridized carbons (Fsp3) is 0.154. The average molecular weight is 428 g/mol. The number of nitrogens with zero attached hydrogens (tertiary/aromatic N) is 2. The molecule has 0 aliphatic heterocycles. The third kappa shape index (κ3) is 5.76. The van der Waals surface area contributed by atoms with Gasteiger partial charge in [-0.15, -0.1) is 0 Å². The van der Waals surface area contributed by atoms with E-state index >= 15 is 0 Å². The summed E-state index contributed by atoms with van der Waals surface area (Å²) in [5.41, 5.74) is 3.27. The normalized spacial score (nSPS) is 10.5. The Balaban J connectivity index is 1.34. The summed E-state index contributed by atoms with van der Waals surface area (Å²) in [6.07, 6.45) is 3.48. The molecule has 6 heteroatoms. The molecule has 6 nitrogen and oxygen atoms in total. The molecule has 0 radical (unpaired) electrons. The first kappa shape index (κ1) is 21.2. The molecular weight excluding hydrogens is 402 g/mol. The van der Waals surface area contributed by atoms with Crippen LogP contribution in [0.4, 0.5) is 5.69 Å². The van der Waals surface area contributed by atoms with E-state index in [-0.39, 0.29) is 5.91 Å². The quantitative estimate of drug-likeness (QED) is 0.401. The van der Waals surface area contributed by atoms with Crippen molar-refractivity contribution in [3.8, 4) is 11.5 Å². The largest absolute Gasteiger partial charge is 0.494 e. The van der Waals surface area contributed by atoms with E-state index in [9.17, 15) is 4.79 Å². The highest BCUT2D eigenvalue weighted by Crippen LogP contribution is 2.19. The minimum absolute atomic E-state index is 0.188. The minimum atomic E-state index is -0.188. The van der Waals surface area contributed by atoms with E-state index in [2.05, 4.69) is 10.4 Å². The molecule has 0 unspecified atom stereocenters. The molecular formula is C26H25N3O3. The van der Waals surface area contributed by atoms with Crippen molar-refractivity contribution in [1.82, 2.24) is 9.78 Å². The second kappa shape index (κ2) is 10.3. The zero-order valence-electron chi connectivity index (χ0n) is 17.9. The SMILES string of the molecule is CCOc1ccc(OCc2cccc(C(=O)Nc3cnn(Cc4ccccc4)c3)c2)cc1. The molecule has 0 fully saturated rings. The maximum absolute atomic E-state index is 12.7. The van der Waals surface area contributed by atoms with Crippen molar-refractivity contribution >= 4 is 11.6 Å². The molecule has 0 aliphatic carbocycles. The van der Waals surface area contributed by atoms with Crippen LogP contribution in [0.3, 0.4) is 0 Å². The molecule has 1 amide bonds. The summed E-state index contributed by atoms with van der Waals surface area (Å²) in [6, 6.07) is 24.9. The summed E-state index contributed by atoms with van der Waals surface area (Å²) in [4.78, 5) is 12.7. The van der Waals surface area contributed by atoms with E-state index in [4.69, 9.17) is 9.47 Å². The van der Waals surface area contributed by atoms with Crippen LogP contribution in [0.15, 0.2) is 91.3 Å². The van der Waals surface area contributed by atoms with Gasteiger partial charge in [0, 0.05) is 11.8 Å². The predicted molar refractivity (Wildman–Crippen MR) is 124 cm³/mol. The summed E-state index contributed by atoms with van der Waals surface area (Å²) >= 11 is 0. The first-order valence-electron chi connectivity index (χ1n) is 10.5. The van der Waals surface area contributed by atoms with Gasteiger partial charge in [-0.1, -0.05) is 42.5 Å². The van der Waals surface area contributed by atoms with E-state index in [1.165, 1.54) is 0 Å². The lowest BCUT2D eigenvalue weighted by Crippen LogP contribution is -2.12. The second-order valence-electron chi connectivity index (χ2n) is 7.26. The van der Waals surface area contributed by atoms with Crippen LogP contribution in [-0.2, 0) is 13.2 Å². The maximum Gasteiger partial charge on any atom is 0.255 e. The minimum Gasteiger partial charge on any atom is -0.494 e. The fourth-order valence-electron chi connectivity index (χ4n) is 3.26. The molecule has 0 saturated heterocycles. The predicted octanol–water partition coefficient (Wildman–Crippen LogP) is 5.16. The highest BCUT2D eigenvalue weighted by Gasteiger charge is 2.09. The highest BCUT2D eigenvalue weighted by molar-refractivity contribution is 6.04. The smallest absolute Gasteiger partial charge is 0.255 e. The van der Waals surface area contributed by atoms with Crippen LogP contribution < -0.4 is 14.8 Å². The standard InChI is InChI=1S/C26H25N3O3/c1-2-31-24-11-13-25(14-12-24)32-19-21-9-6-10-22(15-21)26(30)28-23-16-27-29(18-23)17-20-7-4-3-5-8-20/h3-16,18H,2,17,19H2,1H3,(H,28,30). The molecule has 0 aliphatic rings. The third-order valence-corrected chi connectivity index (χ3v) is 4.81. The Bertz CT molecular complexity index is 1150. The maximum atomic E-state index is 12.7. The molecule has 32 heavy (non-hydrogen) atoms. The number of aromatic nitrogens is 2. The molecule has 1 heterocycles. The number of benzene rings is 3. The summed E-state index contributed by atoms with van der Waals surface area (Å²) in [6.45, 7) is 3.59. The van der Waals surface area contributed by atoms with E-state index in [0.29, 0.717) is 31.0 Å². The van der Waals surface area contributed by atoms with Crippen molar-refractivity contribution in [2.24, 2.45) is 0 Å². The highest BCUT2D eigenvalue weighted by atomic mass is 16.5. The molecule has 1 aromatic heterocycles. The topological polar surface area (TPSA) is 65.4 Å². The lowest BCUT2D eigenvalue weighted by atomic mass is 10.1. The number of hydrogen-bond acceptors (Lipinski definition) is 4. The van der Waals surface area contributed by atoms with Gasteiger partial charge < -0.3 is 14.8 Å². The first-order chi connectivity index (χ1) is 15.7. The number of nitrogens with one attached hydrogen (secondary N) is 1. The van der Waals surface area contributed by atoms with Crippen molar-refractivity contribution in [2.75, 3.05) is 11.9 Å². The Hall–Kier alpha value is -4.06. The van der Waals surface area contributed by atoms with Gasteiger partial charge in [0.25, 0.3) is 5.91 Å². The van der Waals surface area contributed by atoms with Crippen LogP contribution >= 0.6 is 0 Å². The molecule has 1 N–H and O–H groups in total. The van der Waals surface area contributed by atoms with Crippen LogP contribution in [0.2, 0.25) is 0 Å². The zero-order chi connectivity index (χ0) is 22.2. The number of amides is 1. The summed E-state index contributed by atoms with van der Waals surface area (Å²) in [7, 11) is 0. The van der Waals surface area contributed by atoms with Crippen LogP contribution in [0.1, 0.15) is 28.4 Å². The first-order valence-corrected chi connectivity index (χ1v) is 10.5. The van der Waals surface area contributed by atoms with Crippen molar-refractivity contribution in [3.63, 3.8) is 0 Å². The van der Waals surface area contributed by atoms with Gasteiger partial charge in [-0.25, -0.2) is 0 Å². The molecule has 0 saturated carbocycles. The van der Waals surface area contributed by atoms with E-state index < -0.39 is 0 Å². The Morgan fingerprint density at radius 1 is 0.906 bits per heavy atom.